The summed E-state index contributed by atoms with van der Waals surface area (Å²) in [4.78, 5) is 17.4. The Labute approximate surface area is 112 Å². The molecule has 0 saturated heterocycles. The summed E-state index contributed by atoms with van der Waals surface area (Å²) in [5, 5.41) is 10.7. The third-order valence-electron chi connectivity index (χ3n) is 2.18. The molecule has 0 amide bonds. The zero-order valence-corrected chi connectivity index (χ0v) is 10.5. The van der Waals surface area contributed by atoms with Crippen molar-refractivity contribution in [3.8, 4) is 17.4 Å². The van der Waals surface area contributed by atoms with Crippen molar-refractivity contribution >= 4 is 17.3 Å². The Hall–Kier alpha value is -2.41. The number of halogens is 1. The number of rotatable bonds is 4. The van der Waals surface area contributed by atoms with Crippen molar-refractivity contribution < 1.29 is 14.4 Å². The van der Waals surface area contributed by atoms with Crippen LogP contribution >= 0.6 is 11.6 Å². The molecule has 0 radical (unpaired) electrons. The van der Waals surface area contributed by atoms with Crippen molar-refractivity contribution in [3.63, 3.8) is 0 Å². The summed E-state index contributed by atoms with van der Waals surface area (Å²) in [7, 11) is 1.53. The second-order valence-corrected chi connectivity index (χ2v) is 3.70. The molecule has 7 nitrogen and oxygen atoms in total. The van der Waals surface area contributed by atoms with Gasteiger partial charge in [-0.2, -0.15) is 4.98 Å². The molecule has 19 heavy (non-hydrogen) atoms. The van der Waals surface area contributed by atoms with Crippen molar-refractivity contribution in [1.82, 2.24) is 9.97 Å². The van der Waals surface area contributed by atoms with Crippen LogP contribution in [0.25, 0.3) is 0 Å². The van der Waals surface area contributed by atoms with E-state index in [-0.39, 0.29) is 16.9 Å². The maximum Gasteiger partial charge on any atom is 0.349 e. The maximum absolute atomic E-state index is 10.8. The lowest BCUT2D eigenvalue weighted by atomic mass is 10.3. The third kappa shape index (κ3) is 3.08. The molecule has 1 heterocycles. The van der Waals surface area contributed by atoms with Crippen molar-refractivity contribution in [2.45, 2.75) is 0 Å². The molecule has 0 spiro atoms. The van der Waals surface area contributed by atoms with Crippen LogP contribution in [-0.2, 0) is 0 Å². The summed E-state index contributed by atoms with van der Waals surface area (Å²) in [5.41, 5.74) is -0.361. The molecule has 0 unspecified atom stereocenters. The van der Waals surface area contributed by atoms with Gasteiger partial charge >= 0.3 is 11.6 Å². The monoisotopic (exact) mass is 281 g/mol. The fraction of sp³-hybridized carbons (Fsp3) is 0.0909. The minimum atomic E-state index is -0.644. The Balaban J connectivity index is 2.31. The first-order valence-corrected chi connectivity index (χ1v) is 5.47. The van der Waals surface area contributed by atoms with E-state index in [1.165, 1.54) is 7.11 Å². The molecule has 98 valence electrons. The number of nitrogens with zero attached hydrogens (tertiary/aromatic N) is 3. The largest absolute Gasteiger partial charge is 0.497 e. The van der Waals surface area contributed by atoms with E-state index in [0.717, 1.165) is 6.20 Å². The van der Waals surface area contributed by atoms with Crippen LogP contribution in [0.1, 0.15) is 0 Å². The molecular formula is C11H8ClN3O4. The molecule has 0 N–H and O–H groups in total. The summed E-state index contributed by atoms with van der Waals surface area (Å²) in [6.45, 7) is 0. The first-order chi connectivity index (χ1) is 9.10. The number of hydrogen-bond acceptors (Lipinski definition) is 6. The molecule has 2 aromatic rings. The Bertz CT molecular complexity index is 603. The molecule has 0 bridgehead atoms. The van der Waals surface area contributed by atoms with E-state index >= 15 is 0 Å². The summed E-state index contributed by atoms with van der Waals surface area (Å²) in [5.74, 6) is 0.802. The van der Waals surface area contributed by atoms with Gasteiger partial charge in [-0.25, -0.2) is 4.98 Å². The van der Waals surface area contributed by atoms with Gasteiger partial charge in [0, 0.05) is 0 Å². The molecule has 0 fully saturated rings. The zero-order chi connectivity index (χ0) is 13.8. The van der Waals surface area contributed by atoms with Crippen LogP contribution in [0.15, 0.2) is 30.5 Å². The van der Waals surface area contributed by atoms with Crippen molar-refractivity contribution in [2.24, 2.45) is 0 Å². The van der Waals surface area contributed by atoms with Crippen LogP contribution in [0.2, 0.25) is 5.28 Å². The molecule has 1 aromatic heterocycles. The smallest absolute Gasteiger partial charge is 0.349 e. The number of nitro groups is 1. The first-order valence-electron chi connectivity index (χ1n) is 5.09. The van der Waals surface area contributed by atoms with Gasteiger partial charge in [0.2, 0.25) is 5.28 Å². The van der Waals surface area contributed by atoms with E-state index in [2.05, 4.69) is 9.97 Å². The molecule has 0 aliphatic rings. The fourth-order valence-corrected chi connectivity index (χ4v) is 1.42. The standard InChI is InChI=1S/C11H8ClN3O4/c1-18-7-2-4-8(5-3-7)19-10-9(15(16)17)6-13-11(12)14-10/h2-6H,1H3. The van der Waals surface area contributed by atoms with E-state index in [0.29, 0.717) is 11.5 Å². The van der Waals surface area contributed by atoms with Crippen molar-refractivity contribution in [1.29, 1.82) is 0 Å². The van der Waals surface area contributed by atoms with Gasteiger partial charge in [-0.15, -0.1) is 0 Å². The van der Waals surface area contributed by atoms with Gasteiger partial charge in [-0.3, -0.25) is 10.1 Å². The Morgan fingerprint density at radius 1 is 1.26 bits per heavy atom. The molecule has 0 aliphatic heterocycles. The highest BCUT2D eigenvalue weighted by Crippen LogP contribution is 2.30. The highest BCUT2D eigenvalue weighted by atomic mass is 35.5. The maximum atomic E-state index is 10.8. The van der Waals surface area contributed by atoms with E-state index in [1.807, 2.05) is 0 Å². The Morgan fingerprint density at radius 2 is 1.89 bits per heavy atom. The zero-order valence-electron chi connectivity index (χ0n) is 9.74. The Kier molecular flexibility index (Phi) is 3.76. The van der Waals surface area contributed by atoms with Crippen LogP contribution in [0.4, 0.5) is 5.69 Å². The van der Waals surface area contributed by atoms with Gasteiger partial charge in [-0.05, 0) is 35.9 Å². The molecule has 8 heteroatoms. The van der Waals surface area contributed by atoms with Gasteiger partial charge < -0.3 is 9.47 Å². The quantitative estimate of drug-likeness (QED) is 0.486. The molecule has 0 saturated carbocycles. The lowest BCUT2D eigenvalue weighted by Crippen LogP contribution is -1.97. The summed E-state index contributed by atoms with van der Waals surface area (Å²) in [6.07, 6.45) is 0.994. The highest BCUT2D eigenvalue weighted by Gasteiger charge is 2.19. The molecular weight excluding hydrogens is 274 g/mol. The second-order valence-electron chi connectivity index (χ2n) is 3.36. The van der Waals surface area contributed by atoms with Crippen LogP contribution < -0.4 is 9.47 Å². The van der Waals surface area contributed by atoms with Gasteiger partial charge in [0.15, 0.2) is 0 Å². The number of benzene rings is 1. The predicted molar refractivity (Wildman–Crippen MR) is 66.8 cm³/mol. The normalized spacial score (nSPS) is 10.0. The average Bonchev–Trinajstić information content (AvgIpc) is 2.39. The minimum Gasteiger partial charge on any atom is -0.497 e. The lowest BCUT2D eigenvalue weighted by Gasteiger charge is -2.06. The summed E-state index contributed by atoms with van der Waals surface area (Å²) >= 11 is 5.59. The fourth-order valence-electron chi connectivity index (χ4n) is 1.30. The number of methoxy groups -OCH3 is 1. The highest BCUT2D eigenvalue weighted by molar-refractivity contribution is 6.28. The van der Waals surface area contributed by atoms with E-state index in [9.17, 15) is 10.1 Å². The van der Waals surface area contributed by atoms with Crippen LogP contribution in [0, 0.1) is 10.1 Å². The van der Waals surface area contributed by atoms with Crippen LogP contribution in [0.5, 0.6) is 17.4 Å². The molecule has 0 aliphatic carbocycles. The first kappa shape index (κ1) is 13.0. The molecule has 1 aromatic carbocycles. The third-order valence-corrected chi connectivity index (χ3v) is 2.36. The number of aromatic nitrogens is 2. The second kappa shape index (κ2) is 5.49. The minimum absolute atomic E-state index is 0.130. The van der Waals surface area contributed by atoms with Gasteiger partial charge in [-0.1, -0.05) is 0 Å². The Morgan fingerprint density at radius 3 is 2.47 bits per heavy atom. The van der Waals surface area contributed by atoms with E-state index < -0.39 is 4.92 Å². The number of hydrogen-bond donors (Lipinski definition) is 0. The van der Waals surface area contributed by atoms with Gasteiger partial charge in [0.25, 0.3) is 0 Å². The summed E-state index contributed by atoms with van der Waals surface area (Å²) in [6, 6.07) is 6.51. The van der Waals surface area contributed by atoms with Gasteiger partial charge in [0.05, 0.1) is 12.0 Å². The van der Waals surface area contributed by atoms with Crippen LogP contribution in [0.3, 0.4) is 0 Å². The number of ether oxygens (including phenoxy) is 2. The lowest BCUT2D eigenvalue weighted by molar-refractivity contribution is -0.386. The van der Waals surface area contributed by atoms with Gasteiger partial charge in [0.1, 0.15) is 17.7 Å². The van der Waals surface area contributed by atoms with E-state index in [1.54, 1.807) is 24.3 Å². The van der Waals surface area contributed by atoms with E-state index in [4.69, 9.17) is 21.1 Å². The average molecular weight is 282 g/mol. The predicted octanol–water partition coefficient (Wildman–Crippen LogP) is 2.84. The van der Waals surface area contributed by atoms with Crippen LogP contribution in [-0.4, -0.2) is 22.0 Å². The summed E-state index contributed by atoms with van der Waals surface area (Å²) < 4.78 is 10.3. The SMILES string of the molecule is COc1ccc(Oc2nc(Cl)ncc2[N+](=O)[O-])cc1. The molecule has 0 atom stereocenters. The van der Waals surface area contributed by atoms with Crippen molar-refractivity contribution in [2.75, 3.05) is 7.11 Å². The molecule has 2 rings (SSSR count). The topological polar surface area (TPSA) is 87.4 Å². The van der Waals surface area contributed by atoms with Crippen molar-refractivity contribution in [3.05, 3.63) is 45.9 Å².